The lowest BCUT2D eigenvalue weighted by Gasteiger charge is -2.11. The average molecular weight is 123 g/mol. The molecule has 9 heavy (non-hydrogen) atoms. The Kier molecular flexibility index (Phi) is 2.13. The molecule has 0 aromatic carbocycles. The predicted molar refractivity (Wildman–Crippen MR) is 39.1 cm³/mol. The van der Waals surface area contributed by atoms with E-state index >= 15 is 0 Å². The minimum atomic E-state index is 0.551. The maximum absolute atomic E-state index is 3.17. The van der Waals surface area contributed by atoms with Gasteiger partial charge in [-0.2, -0.15) is 0 Å². The van der Waals surface area contributed by atoms with Gasteiger partial charge in [0.25, 0.3) is 0 Å². The van der Waals surface area contributed by atoms with Crippen LogP contribution in [0.25, 0.3) is 0 Å². The summed E-state index contributed by atoms with van der Waals surface area (Å²) < 4.78 is 0. The van der Waals surface area contributed by atoms with Gasteiger partial charge in [0.15, 0.2) is 0 Å². The van der Waals surface area contributed by atoms with Crippen LogP contribution in [-0.2, 0) is 0 Å². The van der Waals surface area contributed by atoms with Crippen LogP contribution in [0, 0.1) is 11.8 Å². The van der Waals surface area contributed by atoms with E-state index in [1.54, 1.807) is 0 Å². The van der Waals surface area contributed by atoms with Crippen LogP contribution < -0.4 is 0 Å². The third-order valence-electron chi connectivity index (χ3n) is 1.83. The topological polar surface area (TPSA) is 3.24 Å². The second kappa shape index (κ2) is 2.89. The van der Waals surface area contributed by atoms with Crippen molar-refractivity contribution >= 4 is 0 Å². The lowest BCUT2D eigenvalue weighted by molar-refractivity contribution is 0.365. The lowest BCUT2D eigenvalue weighted by Crippen LogP contribution is -2.22. The van der Waals surface area contributed by atoms with E-state index in [0.717, 1.165) is 0 Å². The molecule has 1 heteroatoms. The summed E-state index contributed by atoms with van der Waals surface area (Å²) in [6, 6.07) is 0.551. The average Bonchev–Trinajstić information content (AvgIpc) is 2.18. The van der Waals surface area contributed by atoms with Crippen molar-refractivity contribution in [1.29, 1.82) is 0 Å². The highest BCUT2D eigenvalue weighted by molar-refractivity contribution is 5.07. The van der Waals surface area contributed by atoms with E-state index in [0.29, 0.717) is 6.04 Å². The highest BCUT2D eigenvalue weighted by Crippen LogP contribution is 2.12. The van der Waals surface area contributed by atoms with Gasteiger partial charge in [-0.3, -0.25) is 4.90 Å². The molecule has 1 saturated heterocycles. The van der Waals surface area contributed by atoms with Crippen molar-refractivity contribution in [3.63, 3.8) is 0 Å². The molecule has 1 nitrogen and oxygen atoms in total. The van der Waals surface area contributed by atoms with Crippen LogP contribution >= 0.6 is 0 Å². The van der Waals surface area contributed by atoms with Crippen LogP contribution in [0.5, 0.6) is 0 Å². The van der Waals surface area contributed by atoms with Gasteiger partial charge < -0.3 is 0 Å². The summed E-state index contributed by atoms with van der Waals surface area (Å²) in [5.74, 6) is 6.12. The first kappa shape index (κ1) is 6.64. The van der Waals surface area contributed by atoms with Crippen molar-refractivity contribution in [2.24, 2.45) is 0 Å². The molecular weight excluding hydrogens is 110 g/mol. The Balaban J connectivity index is 2.46. The van der Waals surface area contributed by atoms with E-state index in [9.17, 15) is 0 Å². The molecule has 0 saturated carbocycles. The number of likely N-dealkylation sites (tertiary alicyclic amines) is 1. The van der Waals surface area contributed by atoms with Crippen LogP contribution in [0.15, 0.2) is 0 Å². The van der Waals surface area contributed by atoms with E-state index in [4.69, 9.17) is 0 Å². The van der Waals surface area contributed by atoms with Gasteiger partial charge in [-0.05, 0) is 33.4 Å². The summed E-state index contributed by atoms with van der Waals surface area (Å²) in [5.41, 5.74) is 0. The van der Waals surface area contributed by atoms with Gasteiger partial charge in [0, 0.05) is 0 Å². The number of hydrogen-bond donors (Lipinski definition) is 0. The van der Waals surface area contributed by atoms with Crippen molar-refractivity contribution in [2.45, 2.75) is 25.8 Å². The molecule has 1 atom stereocenters. The van der Waals surface area contributed by atoms with Crippen LogP contribution in [0.3, 0.4) is 0 Å². The fourth-order valence-corrected chi connectivity index (χ4v) is 1.26. The van der Waals surface area contributed by atoms with Crippen LogP contribution in [0.4, 0.5) is 0 Å². The first-order valence-electron chi connectivity index (χ1n) is 3.47. The second-order valence-electron chi connectivity index (χ2n) is 2.53. The molecule has 0 unspecified atom stereocenters. The minimum Gasteiger partial charge on any atom is -0.293 e. The molecule has 0 aromatic heterocycles. The summed E-state index contributed by atoms with van der Waals surface area (Å²) in [7, 11) is 2.14. The van der Waals surface area contributed by atoms with Gasteiger partial charge >= 0.3 is 0 Å². The summed E-state index contributed by atoms with van der Waals surface area (Å²) in [6.45, 7) is 3.13. The SMILES string of the molecule is CC#C[C@@H]1CCCN1C. The molecule has 1 heterocycles. The van der Waals surface area contributed by atoms with E-state index in [1.165, 1.54) is 19.4 Å². The standard InChI is InChI=1S/C8H13N/c1-3-5-8-6-4-7-9(8)2/h8H,4,6-7H2,1-2H3/t8-/m1/s1. The molecule has 0 radical (unpaired) electrons. The number of rotatable bonds is 0. The normalized spacial score (nSPS) is 27.6. The van der Waals surface area contributed by atoms with E-state index < -0.39 is 0 Å². The number of hydrogen-bond acceptors (Lipinski definition) is 1. The van der Waals surface area contributed by atoms with E-state index in [2.05, 4.69) is 23.8 Å². The Labute approximate surface area is 57.0 Å². The lowest BCUT2D eigenvalue weighted by atomic mass is 10.2. The molecule has 0 aromatic rings. The molecule has 1 rings (SSSR count). The largest absolute Gasteiger partial charge is 0.293 e. The number of nitrogens with zero attached hydrogens (tertiary/aromatic N) is 1. The van der Waals surface area contributed by atoms with Crippen molar-refractivity contribution in [3.05, 3.63) is 0 Å². The minimum absolute atomic E-state index is 0.551. The molecule has 0 amide bonds. The zero-order valence-corrected chi connectivity index (χ0v) is 6.15. The van der Waals surface area contributed by atoms with Crippen molar-refractivity contribution in [3.8, 4) is 11.8 Å². The molecule has 1 fully saturated rings. The Hall–Kier alpha value is -0.480. The Morgan fingerprint density at radius 2 is 2.33 bits per heavy atom. The van der Waals surface area contributed by atoms with Gasteiger partial charge in [-0.25, -0.2) is 0 Å². The molecule has 1 aliphatic heterocycles. The first-order chi connectivity index (χ1) is 4.34. The smallest absolute Gasteiger partial charge is 0.0712 e. The fourth-order valence-electron chi connectivity index (χ4n) is 1.26. The van der Waals surface area contributed by atoms with Crippen LogP contribution in [-0.4, -0.2) is 24.5 Å². The molecule has 0 aliphatic carbocycles. The van der Waals surface area contributed by atoms with Crippen molar-refractivity contribution < 1.29 is 0 Å². The van der Waals surface area contributed by atoms with Gasteiger partial charge in [-0.1, -0.05) is 5.92 Å². The fraction of sp³-hybridized carbons (Fsp3) is 0.750. The monoisotopic (exact) mass is 123 g/mol. The predicted octanol–water partition coefficient (Wildman–Crippen LogP) is 1.10. The maximum Gasteiger partial charge on any atom is 0.0712 e. The zero-order valence-electron chi connectivity index (χ0n) is 6.15. The van der Waals surface area contributed by atoms with E-state index in [-0.39, 0.29) is 0 Å². The quantitative estimate of drug-likeness (QED) is 0.436. The highest BCUT2D eigenvalue weighted by atomic mass is 15.1. The molecule has 0 spiro atoms. The maximum atomic E-state index is 3.17. The third-order valence-corrected chi connectivity index (χ3v) is 1.83. The van der Waals surface area contributed by atoms with Crippen molar-refractivity contribution in [2.75, 3.05) is 13.6 Å². The molecule has 1 aliphatic rings. The Bertz CT molecular complexity index is 140. The van der Waals surface area contributed by atoms with Crippen LogP contribution in [0.1, 0.15) is 19.8 Å². The summed E-state index contributed by atoms with van der Waals surface area (Å²) in [6.07, 6.45) is 2.58. The molecule has 0 bridgehead atoms. The van der Waals surface area contributed by atoms with Gasteiger partial charge in [-0.15, -0.1) is 5.92 Å². The van der Waals surface area contributed by atoms with Crippen LogP contribution in [0.2, 0.25) is 0 Å². The second-order valence-corrected chi connectivity index (χ2v) is 2.53. The molecular formula is C8H13N. The Morgan fingerprint density at radius 1 is 1.56 bits per heavy atom. The highest BCUT2D eigenvalue weighted by Gasteiger charge is 2.17. The van der Waals surface area contributed by atoms with Gasteiger partial charge in [0.1, 0.15) is 0 Å². The zero-order chi connectivity index (χ0) is 6.69. The van der Waals surface area contributed by atoms with Crippen molar-refractivity contribution in [1.82, 2.24) is 4.90 Å². The third kappa shape index (κ3) is 1.46. The molecule has 50 valence electrons. The molecule has 0 N–H and O–H groups in total. The van der Waals surface area contributed by atoms with Gasteiger partial charge in [0.2, 0.25) is 0 Å². The Morgan fingerprint density at radius 3 is 2.78 bits per heavy atom. The van der Waals surface area contributed by atoms with E-state index in [1.807, 2.05) is 6.92 Å². The summed E-state index contributed by atoms with van der Waals surface area (Å²) >= 11 is 0. The van der Waals surface area contributed by atoms with Gasteiger partial charge in [0.05, 0.1) is 6.04 Å². The summed E-state index contributed by atoms with van der Waals surface area (Å²) in [5, 5.41) is 0. The summed E-state index contributed by atoms with van der Waals surface area (Å²) in [4.78, 5) is 2.32. The first-order valence-corrected chi connectivity index (χ1v) is 3.47.